The Kier molecular flexibility index (Phi) is 8.40. The average Bonchev–Trinajstić information content (AvgIpc) is 3.66. The van der Waals surface area contributed by atoms with E-state index in [4.69, 9.17) is 19.5 Å². The quantitative estimate of drug-likeness (QED) is 0.197. The molecule has 1 aliphatic rings. The first kappa shape index (κ1) is 30.7. The van der Waals surface area contributed by atoms with Crippen LogP contribution in [0.2, 0.25) is 0 Å². The molecule has 3 heterocycles. The third-order valence-electron chi connectivity index (χ3n) is 7.74. The molecule has 2 atom stereocenters. The first-order chi connectivity index (χ1) is 22.2. The fourth-order valence-electron chi connectivity index (χ4n) is 5.43. The van der Waals surface area contributed by atoms with Gasteiger partial charge in [0, 0.05) is 30.7 Å². The number of benzene rings is 3. The van der Waals surface area contributed by atoms with Crippen molar-refractivity contribution in [2.45, 2.75) is 25.2 Å². The highest BCUT2D eigenvalue weighted by atomic mass is 19.1. The second-order valence-corrected chi connectivity index (χ2v) is 10.6. The zero-order chi connectivity index (χ0) is 32.5. The van der Waals surface area contributed by atoms with Crippen molar-refractivity contribution in [3.05, 3.63) is 112 Å². The van der Waals surface area contributed by atoms with E-state index in [1.807, 2.05) is 6.07 Å². The van der Waals surface area contributed by atoms with Gasteiger partial charge in [0.05, 0.1) is 47.7 Å². The number of rotatable bonds is 9. The minimum atomic E-state index is -1.34. The SMILES string of the molecule is CO[C@H]1COC[C@H]1n1c(Cc2cc(F)c(-c3cccc(OCc4ccc(C#N)cc4F)n3)cc2F)nc2c(F)cc(C(=O)O)cc21. The number of hydrogen-bond donors (Lipinski definition) is 1. The fourth-order valence-corrected chi connectivity index (χ4v) is 5.43. The highest BCUT2D eigenvalue weighted by molar-refractivity contribution is 5.93. The van der Waals surface area contributed by atoms with Gasteiger partial charge in [-0.3, -0.25) is 0 Å². The van der Waals surface area contributed by atoms with Gasteiger partial charge in [-0.1, -0.05) is 12.1 Å². The monoisotopic (exact) mass is 632 g/mol. The first-order valence-corrected chi connectivity index (χ1v) is 14.0. The van der Waals surface area contributed by atoms with Gasteiger partial charge >= 0.3 is 5.97 Å². The number of carbonyl (C=O) groups is 1. The topological polar surface area (TPSA) is 119 Å². The van der Waals surface area contributed by atoms with Crippen LogP contribution in [0.3, 0.4) is 0 Å². The summed E-state index contributed by atoms with van der Waals surface area (Å²) in [5.74, 6) is -4.25. The number of methoxy groups -OCH3 is 1. The number of carboxylic acid groups (broad SMARTS) is 1. The highest BCUT2D eigenvalue weighted by Gasteiger charge is 2.34. The number of aromatic carboxylic acids is 1. The Labute approximate surface area is 259 Å². The van der Waals surface area contributed by atoms with E-state index < -0.39 is 41.4 Å². The molecule has 5 aromatic rings. The molecule has 1 saturated heterocycles. The van der Waals surface area contributed by atoms with E-state index in [0.717, 1.165) is 24.3 Å². The summed E-state index contributed by atoms with van der Waals surface area (Å²) in [5.41, 5.74) is -0.121. The predicted octanol–water partition coefficient (Wildman–Crippen LogP) is 5.98. The first-order valence-electron chi connectivity index (χ1n) is 14.0. The summed E-state index contributed by atoms with van der Waals surface area (Å²) >= 11 is 0. The van der Waals surface area contributed by atoms with Crippen LogP contribution in [0.15, 0.2) is 60.7 Å². The van der Waals surface area contributed by atoms with Crippen molar-refractivity contribution in [3.8, 4) is 23.2 Å². The van der Waals surface area contributed by atoms with E-state index in [1.54, 1.807) is 4.57 Å². The maximum Gasteiger partial charge on any atom is 0.335 e. The van der Waals surface area contributed by atoms with E-state index >= 15 is 13.2 Å². The number of ether oxygens (including phenoxy) is 3. The standard InChI is InChI=1S/C33H24F4N4O5/c1-44-29-16-45-15-28(29)41-27-10-20(33(42)43)9-25(37)32(27)40-30(41)11-19-8-24(36)21(12-23(19)35)26-3-2-4-31(39-26)46-14-18-6-5-17(13-38)7-22(18)34/h2-10,12,28-29H,11,14-16H2,1H3,(H,42,43)/t28-,29+/m1/s1. The van der Waals surface area contributed by atoms with Gasteiger partial charge in [0.15, 0.2) is 5.82 Å². The molecule has 0 aliphatic carbocycles. The van der Waals surface area contributed by atoms with Crippen molar-refractivity contribution in [1.82, 2.24) is 14.5 Å². The summed E-state index contributed by atoms with van der Waals surface area (Å²) in [6.45, 7) is 0.153. The number of nitrogens with zero attached hydrogens (tertiary/aromatic N) is 4. The Bertz CT molecular complexity index is 2030. The van der Waals surface area contributed by atoms with Crippen LogP contribution in [0.1, 0.15) is 38.9 Å². The average molecular weight is 633 g/mol. The minimum Gasteiger partial charge on any atom is -0.478 e. The second kappa shape index (κ2) is 12.6. The molecular weight excluding hydrogens is 608 g/mol. The summed E-state index contributed by atoms with van der Waals surface area (Å²) in [7, 11) is 1.47. The lowest BCUT2D eigenvalue weighted by atomic mass is 10.0. The number of pyridine rings is 1. The number of imidazole rings is 1. The summed E-state index contributed by atoms with van der Waals surface area (Å²) in [5, 5.41) is 18.4. The van der Waals surface area contributed by atoms with Crippen LogP contribution in [0.25, 0.3) is 22.3 Å². The lowest BCUT2D eigenvalue weighted by molar-refractivity contribution is 0.0687. The Balaban J connectivity index is 1.31. The van der Waals surface area contributed by atoms with Crippen LogP contribution < -0.4 is 4.74 Å². The lowest BCUT2D eigenvalue weighted by Gasteiger charge is -2.21. The Morgan fingerprint density at radius 1 is 1.00 bits per heavy atom. The number of hydrogen-bond acceptors (Lipinski definition) is 7. The molecule has 0 unspecified atom stereocenters. The van der Waals surface area contributed by atoms with Gasteiger partial charge in [-0.05, 0) is 48.0 Å². The van der Waals surface area contributed by atoms with Gasteiger partial charge in [0.2, 0.25) is 5.88 Å². The molecule has 46 heavy (non-hydrogen) atoms. The summed E-state index contributed by atoms with van der Waals surface area (Å²) in [6.07, 6.45) is -0.746. The number of carboxylic acids is 1. The van der Waals surface area contributed by atoms with Crippen molar-refractivity contribution >= 4 is 17.0 Å². The third-order valence-corrected chi connectivity index (χ3v) is 7.74. The molecule has 0 saturated carbocycles. The third kappa shape index (κ3) is 5.88. The van der Waals surface area contributed by atoms with E-state index in [-0.39, 0.29) is 82.5 Å². The summed E-state index contributed by atoms with van der Waals surface area (Å²) < 4.78 is 78.7. The van der Waals surface area contributed by atoms with E-state index in [9.17, 15) is 14.3 Å². The summed E-state index contributed by atoms with van der Waals surface area (Å²) in [4.78, 5) is 20.3. The molecule has 6 rings (SSSR count). The van der Waals surface area contributed by atoms with Crippen LogP contribution in [-0.4, -0.2) is 52.0 Å². The second-order valence-electron chi connectivity index (χ2n) is 10.6. The van der Waals surface area contributed by atoms with Crippen LogP contribution in [0.5, 0.6) is 5.88 Å². The molecule has 9 nitrogen and oxygen atoms in total. The van der Waals surface area contributed by atoms with Crippen molar-refractivity contribution in [2.24, 2.45) is 0 Å². The molecule has 1 aliphatic heterocycles. The van der Waals surface area contributed by atoms with E-state index in [1.165, 1.54) is 43.5 Å². The number of halogens is 4. The van der Waals surface area contributed by atoms with Crippen LogP contribution >= 0.6 is 0 Å². The molecule has 0 radical (unpaired) electrons. The highest BCUT2D eigenvalue weighted by Crippen LogP contribution is 2.33. The van der Waals surface area contributed by atoms with Crippen molar-refractivity contribution in [1.29, 1.82) is 5.26 Å². The van der Waals surface area contributed by atoms with Crippen molar-refractivity contribution in [3.63, 3.8) is 0 Å². The smallest absolute Gasteiger partial charge is 0.335 e. The number of aromatic nitrogens is 3. The molecule has 3 aromatic carbocycles. The number of fused-ring (bicyclic) bond motifs is 1. The molecule has 0 bridgehead atoms. The minimum absolute atomic E-state index is 0.0353. The molecular formula is C33H24F4N4O5. The van der Waals surface area contributed by atoms with Crippen LogP contribution in [-0.2, 0) is 22.5 Å². The van der Waals surface area contributed by atoms with Gasteiger partial charge < -0.3 is 23.9 Å². The van der Waals surface area contributed by atoms with Gasteiger partial charge in [0.25, 0.3) is 0 Å². The Morgan fingerprint density at radius 3 is 2.54 bits per heavy atom. The van der Waals surface area contributed by atoms with Gasteiger partial charge in [-0.2, -0.15) is 5.26 Å². The molecule has 0 spiro atoms. The molecule has 0 amide bonds. The van der Waals surface area contributed by atoms with Crippen LogP contribution in [0.4, 0.5) is 17.6 Å². The largest absolute Gasteiger partial charge is 0.478 e. The molecule has 1 fully saturated rings. The maximum absolute atomic E-state index is 15.6. The zero-order valence-corrected chi connectivity index (χ0v) is 24.1. The van der Waals surface area contributed by atoms with Crippen LogP contribution in [0, 0.1) is 34.6 Å². The van der Waals surface area contributed by atoms with Gasteiger partial charge in [0.1, 0.15) is 41.5 Å². The Hall–Kier alpha value is -5.32. The Morgan fingerprint density at radius 2 is 1.80 bits per heavy atom. The lowest BCUT2D eigenvalue weighted by Crippen LogP contribution is -2.26. The molecule has 13 heteroatoms. The zero-order valence-electron chi connectivity index (χ0n) is 24.1. The van der Waals surface area contributed by atoms with E-state index in [0.29, 0.717) is 0 Å². The van der Waals surface area contributed by atoms with Crippen molar-refractivity contribution < 1.29 is 41.7 Å². The van der Waals surface area contributed by atoms with E-state index in [2.05, 4.69) is 9.97 Å². The normalized spacial score (nSPS) is 16.1. The number of nitriles is 1. The van der Waals surface area contributed by atoms with Gasteiger partial charge in [-0.25, -0.2) is 32.3 Å². The predicted molar refractivity (Wildman–Crippen MR) is 155 cm³/mol. The molecule has 234 valence electrons. The maximum atomic E-state index is 15.6. The fraction of sp³-hybridized carbons (Fsp3) is 0.212. The van der Waals surface area contributed by atoms with Gasteiger partial charge in [-0.15, -0.1) is 0 Å². The molecule has 2 aromatic heterocycles. The molecule has 1 N–H and O–H groups in total. The summed E-state index contributed by atoms with van der Waals surface area (Å²) in [6, 6.07) is 13.8. The van der Waals surface area contributed by atoms with Crippen molar-refractivity contribution in [2.75, 3.05) is 20.3 Å².